The van der Waals surface area contributed by atoms with Crippen molar-refractivity contribution in [1.82, 2.24) is 4.57 Å². The van der Waals surface area contributed by atoms with Crippen molar-refractivity contribution in [2.75, 3.05) is 0 Å². The average molecular weight is 594 g/mol. The van der Waals surface area contributed by atoms with Gasteiger partial charge in [-0.25, -0.2) is 0 Å². The van der Waals surface area contributed by atoms with Crippen LogP contribution in [0.4, 0.5) is 0 Å². The first kappa shape index (κ1) is 26.1. The summed E-state index contributed by atoms with van der Waals surface area (Å²) in [6.45, 7) is 4.76. The van der Waals surface area contributed by atoms with Crippen molar-refractivity contribution in [3.63, 3.8) is 0 Å². The van der Waals surface area contributed by atoms with Crippen LogP contribution < -0.4 is 0 Å². The minimum absolute atomic E-state index is 0.0201. The quantitative estimate of drug-likeness (QED) is 0.201. The zero-order chi connectivity index (χ0) is 30.4. The van der Waals surface area contributed by atoms with Crippen molar-refractivity contribution >= 4 is 39.1 Å². The average Bonchev–Trinajstić information content (AvgIpc) is 3.69. The van der Waals surface area contributed by atoms with Gasteiger partial charge in [-0.05, 0) is 75.9 Å². The zero-order valence-corrected chi connectivity index (χ0v) is 25.7. The number of hydrogen-bond donors (Lipinski definition) is 0. The maximum absolute atomic E-state index is 10.4. The number of rotatable bonds is 2. The van der Waals surface area contributed by atoms with Gasteiger partial charge in [0, 0.05) is 37.8 Å². The highest BCUT2D eigenvalue weighted by molar-refractivity contribution is 8.00. The first-order valence-corrected chi connectivity index (χ1v) is 16.2. The Hall–Kier alpha value is -5.29. The molecule has 2 atom stereocenters. The van der Waals surface area contributed by atoms with Gasteiger partial charge in [-0.2, -0.15) is 10.5 Å². The number of aromatic nitrogens is 1. The molecule has 4 heteroatoms. The van der Waals surface area contributed by atoms with Gasteiger partial charge in [-0.3, -0.25) is 0 Å². The molecule has 6 aromatic rings. The van der Waals surface area contributed by atoms with Crippen LogP contribution in [0.25, 0.3) is 44.2 Å². The molecule has 0 amide bonds. The number of nitriles is 2. The van der Waals surface area contributed by atoms with E-state index in [0.29, 0.717) is 16.4 Å². The van der Waals surface area contributed by atoms with Gasteiger partial charge in [0.05, 0.1) is 33.9 Å². The third-order valence-corrected chi connectivity index (χ3v) is 11.5. The van der Waals surface area contributed by atoms with E-state index in [0.717, 1.165) is 38.6 Å². The largest absolute Gasteiger partial charge is 0.307 e. The number of allylic oxidation sites excluding steroid dienone is 3. The molecular formula is C41H27N3S. The maximum Gasteiger partial charge on any atom is 0.101 e. The minimum Gasteiger partial charge on any atom is -0.307 e. The van der Waals surface area contributed by atoms with E-state index in [9.17, 15) is 10.5 Å². The van der Waals surface area contributed by atoms with Crippen LogP contribution in [0.5, 0.6) is 0 Å². The molecule has 0 fully saturated rings. The van der Waals surface area contributed by atoms with E-state index in [1.165, 1.54) is 32.7 Å². The highest BCUT2D eigenvalue weighted by Crippen LogP contribution is 2.60. The molecular weight excluding hydrogens is 567 g/mol. The van der Waals surface area contributed by atoms with Crippen LogP contribution in [-0.2, 0) is 5.41 Å². The van der Waals surface area contributed by atoms with E-state index in [2.05, 4.69) is 103 Å². The Morgan fingerprint density at radius 3 is 2.42 bits per heavy atom. The van der Waals surface area contributed by atoms with E-state index in [1.54, 1.807) is 0 Å². The number of benzene rings is 5. The van der Waals surface area contributed by atoms with Gasteiger partial charge in [0.25, 0.3) is 0 Å². The first-order chi connectivity index (χ1) is 22.0. The van der Waals surface area contributed by atoms with Crippen molar-refractivity contribution < 1.29 is 0 Å². The van der Waals surface area contributed by atoms with E-state index < -0.39 is 0 Å². The zero-order valence-electron chi connectivity index (χ0n) is 24.9. The Balaban J connectivity index is 1.22. The maximum atomic E-state index is 10.4. The van der Waals surface area contributed by atoms with Crippen molar-refractivity contribution in [2.24, 2.45) is 0 Å². The third kappa shape index (κ3) is 3.52. The van der Waals surface area contributed by atoms with Gasteiger partial charge in [0.2, 0.25) is 0 Å². The van der Waals surface area contributed by atoms with Gasteiger partial charge in [-0.15, -0.1) is 11.8 Å². The molecule has 3 nitrogen and oxygen atoms in total. The molecule has 1 aromatic heterocycles. The van der Waals surface area contributed by atoms with Crippen molar-refractivity contribution in [3.05, 3.63) is 149 Å². The fraction of sp³-hybridized carbons (Fsp3) is 0.122. The molecule has 45 heavy (non-hydrogen) atoms. The highest BCUT2D eigenvalue weighted by atomic mass is 32.2. The molecule has 0 bridgehead atoms. The summed E-state index contributed by atoms with van der Waals surface area (Å²) in [4.78, 5) is 1.33. The van der Waals surface area contributed by atoms with Crippen LogP contribution in [0, 0.1) is 22.7 Å². The molecule has 0 saturated heterocycles. The summed E-state index contributed by atoms with van der Waals surface area (Å²) < 4.78 is 2.21. The molecule has 0 N–H and O–H groups in total. The first-order valence-electron chi connectivity index (χ1n) is 15.3. The van der Waals surface area contributed by atoms with E-state index in [1.807, 2.05) is 54.2 Å². The lowest BCUT2D eigenvalue weighted by Crippen LogP contribution is -2.27. The second kappa shape index (κ2) is 9.35. The Morgan fingerprint density at radius 2 is 1.56 bits per heavy atom. The predicted octanol–water partition coefficient (Wildman–Crippen LogP) is 10.1. The molecule has 9 rings (SSSR count). The summed E-state index contributed by atoms with van der Waals surface area (Å²) in [6, 6.07) is 40.6. The summed E-state index contributed by atoms with van der Waals surface area (Å²) >= 11 is 2.00. The van der Waals surface area contributed by atoms with Gasteiger partial charge >= 0.3 is 0 Å². The lowest BCUT2D eigenvalue weighted by atomic mass is 9.74. The van der Waals surface area contributed by atoms with Crippen LogP contribution in [0.15, 0.2) is 126 Å². The Morgan fingerprint density at radius 1 is 0.756 bits per heavy atom. The number of nitrogens with zero attached hydrogens (tertiary/aromatic N) is 3. The molecule has 212 valence electrons. The third-order valence-electron chi connectivity index (χ3n) is 10.1. The van der Waals surface area contributed by atoms with Crippen molar-refractivity contribution in [1.29, 1.82) is 10.5 Å². The van der Waals surface area contributed by atoms with Gasteiger partial charge in [0.15, 0.2) is 0 Å². The van der Waals surface area contributed by atoms with Crippen LogP contribution >= 0.6 is 11.8 Å². The normalized spacial score (nSPS) is 18.8. The Labute approximate surface area is 266 Å². The van der Waals surface area contributed by atoms with Gasteiger partial charge in [0.1, 0.15) is 6.07 Å². The van der Waals surface area contributed by atoms with Gasteiger partial charge < -0.3 is 4.57 Å². The standard InChI is InChI=1S/C41H27N3S/c1-41(2)34-12-5-3-9-28(34)30-16-17-31-33-21-25(15-19-37(33)45-40(31)38(30)41)27-11-7-8-26(23-43)39(27)44-35-13-6-4-10-29(35)32-20-24(22-42)14-18-36(32)44/h3-21,31,40H,1-2H3/t31-,40?/m1/s1. The number of hydrogen-bond acceptors (Lipinski definition) is 3. The van der Waals surface area contributed by atoms with Crippen molar-refractivity contribution in [2.45, 2.75) is 35.3 Å². The molecule has 0 saturated carbocycles. The number of thioether (sulfide) groups is 1. The molecule has 2 aliphatic carbocycles. The van der Waals surface area contributed by atoms with Crippen LogP contribution in [-0.4, -0.2) is 9.82 Å². The lowest BCUT2D eigenvalue weighted by Gasteiger charge is -2.32. The second-order valence-corrected chi connectivity index (χ2v) is 13.9. The topological polar surface area (TPSA) is 52.5 Å². The summed E-state index contributed by atoms with van der Waals surface area (Å²) in [5.74, 6) is 0.289. The summed E-state index contributed by atoms with van der Waals surface area (Å²) in [5, 5.41) is 22.5. The highest BCUT2D eigenvalue weighted by Gasteiger charge is 2.47. The monoisotopic (exact) mass is 593 g/mol. The van der Waals surface area contributed by atoms with E-state index in [-0.39, 0.29) is 11.3 Å². The smallest absolute Gasteiger partial charge is 0.101 e. The summed E-state index contributed by atoms with van der Waals surface area (Å²) in [5.41, 5.74) is 13.3. The molecule has 1 aliphatic heterocycles. The fourth-order valence-corrected chi connectivity index (χ4v) is 9.74. The molecule has 0 spiro atoms. The van der Waals surface area contributed by atoms with Crippen LogP contribution in [0.2, 0.25) is 0 Å². The predicted molar refractivity (Wildman–Crippen MR) is 184 cm³/mol. The summed E-state index contributed by atoms with van der Waals surface area (Å²) in [7, 11) is 0. The van der Waals surface area contributed by atoms with Crippen LogP contribution in [0.1, 0.15) is 47.6 Å². The summed E-state index contributed by atoms with van der Waals surface area (Å²) in [6.07, 6.45) is 4.78. The van der Waals surface area contributed by atoms with Crippen molar-refractivity contribution in [3.8, 4) is 29.0 Å². The molecule has 5 aromatic carbocycles. The second-order valence-electron chi connectivity index (χ2n) is 12.7. The molecule has 2 heterocycles. The fourth-order valence-electron chi connectivity index (χ4n) is 8.07. The Kier molecular flexibility index (Phi) is 5.43. The van der Waals surface area contributed by atoms with Gasteiger partial charge in [-0.1, -0.05) is 86.7 Å². The number of fused-ring (bicyclic) bond motifs is 9. The van der Waals surface area contributed by atoms with E-state index >= 15 is 0 Å². The molecule has 3 aliphatic rings. The number of para-hydroxylation sites is 2. The van der Waals surface area contributed by atoms with E-state index in [4.69, 9.17) is 0 Å². The minimum atomic E-state index is -0.0201. The lowest BCUT2D eigenvalue weighted by molar-refractivity contribution is 0.600. The SMILES string of the molecule is CC1(C)C2=C(C=C[C@@H]3c4cc(-c5cccc(C#N)c5-n5c6ccccc6c6cc(C#N)ccc65)ccc4SC23)c2ccccc21. The van der Waals surface area contributed by atoms with Crippen LogP contribution in [0.3, 0.4) is 0 Å². The Bertz CT molecular complexity index is 2420. The molecule has 1 unspecified atom stereocenters. The molecule has 0 radical (unpaired) electrons.